The highest BCUT2D eigenvalue weighted by atomic mass is 32.2. The number of hydrogen-bond donors (Lipinski definition) is 0. The number of carbonyl (C=O) groups excluding carboxylic acids is 1. The molecule has 2 heterocycles. The maximum absolute atomic E-state index is 12.5. The van der Waals surface area contributed by atoms with Gasteiger partial charge in [0.05, 0.1) is 22.0 Å². The lowest BCUT2D eigenvalue weighted by atomic mass is 10.2. The fourth-order valence-corrected chi connectivity index (χ4v) is 4.34. The van der Waals surface area contributed by atoms with Crippen LogP contribution in [0.1, 0.15) is 45.0 Å². The first-order valence-electron chi connectivity index (χ1n) is 8.32. The summed E-state index contributed by atoms with van der Waals surface area (Å²) in [5, 5.41) is 6.95. The van der Waals surface area contributed by atoms with Gasteiger partial charge in [-0.15, -0.1) is 23.1 Å². The summed E-state index contributed by atoms with van der Waals surface area (Å²) in [7, 11) is 0. The zero-order chi connectivity index (χ0) is 18.5. The van der Waals surface area contributed by atoms with Gasteiger partial charge < -0.3 is 9.26 Å². The van der Waals surface area contributed by atoms with E-state index in [0.717, 1.165) is 39.0 Å². The van der Waals surface area contributed by atoms with Crippen LogP contribution in [0.25, 0.3) is 0 Å². The van der Waals surface area contributed by atoms with E-state index in [-0.39, 0.29) is 12.6 Å². The van der Waals surface area contributed by atoms with E-state index in [0.29, 0.717) is 11.3 Å². The second kappa shape index (κ2) is 8.51. The summed E-state index contributed by atoms with van der Waals surface area (Å²) in [6.45, 7) is 6.07. The molecule has 0 fully saturated rings. The third-order valence-electron chi connectivity index (χ3n) is 3.91. The second-order valence-corrected chi connectivity index (χ2v) is 7.71. The normalized spacial score (nSPS) is 10.9. The van der Waals surface area contributed by atoms with Gasteiger partial charge in [0.15, 0.2) is 0 Å². The maximum atomic E-state index is 12.5. The molecule has 0 amide bonds. The van der Waals surface area contributed by atoms with Gasteiger partial charge in [-0.2, -0.15) is 0 Å². The summed E-state index contributed by atoms with van der Waals surface area (Å²) < 4.78 is 10.7. The van der Waals surface area contributed by atoms with Gasteiger partial charge in [0, 0.05) is 21.6 Å². The molecule has 5 nitrogen and oxygen atoms in total. The summed E-state index contributed by atoms with van der Waals surface area (Å²) in [4.78, 5) is 17.8. The average molecular weight is 389 g/mol. The molecule has 0 aliphatic heterocycles. The first kappa shape index (κ1) is 18.7. The van der Waals surface area contributed by atoms with Crippen LogP contribution in [0.15, 0.2) is 39.1 Å². The topological polar surface area (TPSA) is 65.2 Å². The number of aromatic nitrogens is 2. The first-order valence-corrected chi connectivity index (χ1v) is 10.2. The van der Waals surface area contributed by atoms with Crippen molar-refractivity contribution in [2.24, 2.45) is 0 Å². The molecule has 136 valence electrons. The number of thioether (sulfide) groups is 1. The summed E-state index contributed by atoms with van der Waals surface area (Å²) in [5.41, 5.74) is 3.30. The third kappa shape index (κ3) is 4.34. The molecule has 3 aromatic rings. The number of ether oxygens (including phenoxy) is 1. The SMILES string of the molecule is CCc1nc(COC(=O)c2ccccc2SCc2c(C)noc2C)cs1. The fourth-order valence-electron chi connectivity index (χ4n) is 2.41. The van der Waals surface area contributed by atoms with Crippen LogP contribution in [0.3, 0.4) is 0 Å². The zero-order valence-corrected chi connectivity index (χ0v) is 16.6. The van der Waals surface area contributed by atoms with Crippen LogP contribution >= 0.6 is 23.1 Å². The average Bonchev–Trinajstić information content (AvgIpc) is 3.25. The first-order chi connectivity index (χ1) is 12.6. The van der Waals surface area contributed by atoms with Gasteiger partial charge in [0.1, 0.15) is 12.4 Å². The van der Waals surface area contributed by atoms with Crippen molar-refractivity contribution in [1.82, 2.24) is 10.1 Å². The van der Waals surface area contributed by atoms with E-state index in [9.17, 15) is 4.79 Å². The van der Waals surface area contributed by atoms with Crippen LogP contribution in [-0.4, -0.2) is 16.1 Å². The molecule has 2 aromatic heterocycles. The van der Waals surface area contributed by atoms with Crippen LogP contribution in [0, 0.1) is 13.8 Å². The van der Waals surface area contributed by atoms with E-state index in [4.69, 9.17) is 9.26 Å². The monoisotopic (exact) mass is 388 g/mol. The Kier molecular flexibility index (Phi) is 6.11. The number of nitrogens with zero attached hydrogens (tertiary/aromatic N) is 2. The summed E-state index contributed by atoms with van der Waals surface area (Å²) in [6.07, 6.45) is 0.889. The smallest absolute Gasteiger partial charge is 0.339 e. The highest BCUT2D eigenvalue weighted by Gasteiger charge is 2.16. The van der Waals surface area contributed by atoms with Crippen LogP contribution in [0.5, 0.6) is 0 Å². The Labute approximate surface area is 160 Å². The van der Waals surface area contributed by atoms with Crippen LogP contribution in [-0.2, 0) is 23.5 Å². The fraction of sp³-hybridized carbons (Fsp3) is 0.316. The minimum atomic E-state index is -0.335. The Balaban J connectivity index is 1.66. The maximum Gasteiger partial charge on any atom is 0.339 e. The van der Waals surface area contributed by atoms with Crippen LogP contribution < -0.4 is 0 Å². The van der Waals surface area contributed by atoms with E-state index in [1.807, 2.05) is 37.4 Å². The van der Waals surface area contributed by atoms with Crippen LogP contribution in [0.4, 0.5) is 0 Å². The zero-order valence-electron chi connectivity index (χ0n) is 14.9. The summed E-state index contributed by atoms with van der Waals surface area (Å²) in [6, 6.07) is 7.48. The van der Waals surface area contributed by atoms with E-state index >= 15 is 0 Å². The Morgan fingerprint density at radius 2 is 2.12 bits per heavy atom. The lowest BCUT2D eigenvalue weighted by Gasteiger charge is -2.09. The van der Waals surface area contributed by atoms with Gasteiger partial charge in [-0.25, -0.2) is 9.78 Å². The number of aryl methyl sites for hydroxylation is 3. The molecule has 0 N–H and O–H groups in total. The van der Waals surface area contributed by atoms with E-state index in [1.165, 1.54) is 0 Å². The van der Waals surface area contributed by atoms with Crippen molar-refractivity contribution in [1.29, 1.82) is 0 Å². The van der Waals surface area contributed by atoms with Crippen LogP contribution in [0.2, 0.25) is 0 Å². The predicted octanol–water partition coefficient (Wildman–Crippen LogP) is 4.96. The molecule has 0 unspecified atom stereocenters. The van der Waals surface area contributed by atoms with Crippen molar-refractivity contribution in [3.8, 4) is 0 Å². The molecule has 0 spiro atoms. The molecule has 0 radical (unpaired) electrons. The Morgan fingerprint density at radius 1 is 1.31 bits per heavy atom. The third-order valence-corrected chi connectivity index (χ3v) is 6.06. The lowest BCUT2D eigenvalue weighted by Crippen LogP contribution is -2.07. The molecule has 0 bridgehead atoms. The molecule has 26 heavy (non-hydrogen) atoms. The Hall–Kier alpha value is -2.12. The number of benzene rings is 1. The van der Waals surface area contributed by atoms with Gasteiger partial charge in [-0.1, -0.05) is 24.2 Å². The predicted molar refractivity (Wildman–Crippen MR) is 103 cm³/mol. The van der Waals surface area contributed by atoms with Gasteiger partial charge in [0.25, 0.3) is 0 Å². The molecule has 1 aromatic carbocycles. The highest BCUT2D eigenvalue weighted by molar-refractivity contribution is 7.98. The molecule has 0 saturated heterocycles. The van der Waals surface area contributed by atoms with E-state index in [1.54, 1.807) is 29.2 Å². The molecular formula is C19H20N2O3S2. The van der Waals surface area contributed by atoms with Crippen molar-refractivity contribution < 1.29 is 14.1 Å². The standard InChI is InChI=1S/C19H20N2O3S2/c1-4-18-20-14(10-26-18)9-23-19(22)15-7-5-6-8-17(15)25-11-16-12(2)21-24-13(16)3/h5-8,10H,4,9,11H2,1-3H3. The second-order valence-electron chi connectivity index (χ2n) is 5.75. The van der Waals surface area contributed by atoms with Gasteiger partial charge in [-0.05, 0) is 32.4 Å². The van der Waals surface area contributed by atoms with Crippen molar-refractivity contribution in [2.45, 2.75) is 44.4 Å². The number of thiazole rings is 1. The van der Waals surface area contributed by atoms with E-state index in [2.05, 4.69) is 17.1 Å². The van der Waals surface area contributed by atoms with Gasteiger partial charge in [0.2, 0.25) is 0 Å². The number of rotatable bonds is 7. The lowest BCUT2D eigenvalue weighted by molar-refractivity contribution is 0.0464. The van der Waals surface area contributed by atoms with Gasteiger partial charge >= 0.3 is 5.97 Å². The number of esters is 1. The van der Waals surface area contributed by atoms with Crippen molar-refractivity contribution in [3.63, 3.8) is 0 Å². The molecule has 0 saturated carbocycles. The highest BCUT2D eigenvalue weighted by Crippen LogP contribution is 2.29. The quantitative estimate of drug-likeness (QED) is 0.421. The Bertz CT molecular complexity index is 882. The molecule has 0 aliphatic carbocycles. The Morgan fingerprint density at radius 3 is 2.81 bits per heavy atom. The number of hydrogen-bond acceptors (Lipinski definition) is 7. The van der Waals surface area contributed by atoms with Crippen molar-refractivity contribution in [3.05, 3.63) is 62.9 Å². The summed E-state index contributed by atoms with van der Waals surface area (Å²) >= 11 is 3.16. The van der Waals surface area contributed by atoms with E-state index < -0.39 is 0 Å². The minimum Gasteiger partial charge on any atom is -0.456 e. The summed E-state index contributed by atoms with van der Waals surface area (Å²) in [5.74, 6) is 1.17. The molecular weight excluding hydrogens is 368 g/mol. The largest absolute Gasteiger partial charge is 0.456 e. The molecule has 0 atom stereocenters. The van der Waals surface area contributed by atoms with Crippen molar-refractivity contribution >= 4 is 29.1 Å². The van der Waals surface area contributed by atoms with Crippen molar-refractivity contribution in [2.75, 3.05) is 0 Å². The minimum absolute atomic E-state index is 0.193. The van der Waals surface area contributed by atoms with Gasteiger partial charge in [-0.3, -0.25) is 0 Å². The molecule has 3 rings (SSSR count). The molecule has 7 heteroatoms. The molecule has 0 aliphatic rings. The number of carbonyl (C=O) groups is 1.